The highest BCUT2D eigenvalue weighted by atomic mass is 16.7. The monoisotopic (exact) mass is 233 g/mol. The van der Waals surface area contributed by atoms with Crippen molar-refractivity contribution in [2.75, 3.05) is 0 Å². The minimum atomic E-state index is -1.08. The van der Waals surface area contributed by atoms with Crippen molar-refractivity contribution in [2.45, 2.75) is 31.7 Å². The Morgan fingerprint density at radius 3 is 2.19 bits per heavy atom. The van der Waals surface area contributed by atoms with Gasteiger partial charge in [0.2, 0.25) is 5.78 Å². The van der Waals surface area contributed by atoms with Gasteiger partial charge in [-0.05, 0) is 12.8 Å². The summed E-state index contributed by atoms with van der Waals surface area (Å²) in [6.07, 6.45) is 1.21. The van der Waals surface area contributed by atoms with E-state index in [0.717, 1.165) is 0 Å². The third-order valence-electron chi connectivity index (χ3n) is 1.92. The molecule has 0 aliphatic heterocycles. The number of carbonyl (C=O) groups excluding carboxylic acids is 3. The quantitative estimate of drug-likeness (QED) is 0.267. The molecule has 0 aromatic rings. The van der Waals surface area contributed by atoms with Gasteiger partial charge in [0.15, 0.2) is 0 Å². The van der Waals surface area contributed by atoms with Gasteiger partial charge in [-0.15, -0.1) is 0 Å². The molecule has 0 amide bonds. The highest BCUT2D eigenvalue weighted by Crippen LogP contribution is 2.04. The molecule has 0 aromatic heterocycles. The molecule has 8 heteroatoms. The number of carbonyl (C=O) groups is 3. The zero-order valence-electron chi connectivity index (χ0n) is 8.68. The number of unbranched alkanes of at least 4 members (excludes halogenated alkanes) is 1. The lowest BCUT2D eigenvalue weighted by Crippen LogP contribution is -2.33. The predicted molar refractivity (Wildman–Crippen MR) is 52.0 cm³/mol. The smallest absolute Gasteiger partial charge is 0.372 e. The summed E-state index contributed by atoms with van der Waals surface area (Å²) >= 11 is 0. The Morgan fingerprint density at radius 1 is 1.06 bits per heavy atom. The highest BCUT2D eigenvalue weighted by Gasteiger charge is 2.16. The fourth-order valence-corrected chi connectivity index (χ4v) is 1.02. The molecular weight excluding hydrogens is 218 g/mol. The molecule has 0 fully saturated rings. The summed E-state index contributed by atoms with van der Waals surface area (Å²) in [7, 11) is 0. The number of hydrogen-bond acceptors (Lipinski definition) is 8. The van der Waals surface area contributed by atoms with Crippen molar-refractivity contribution >= 4 is 17.7 Å². The largest absolute Gasteiger partial charge is 0.393 e. The molecule has 0 radical (unpaired) electrons. The van der Waals surface area contributed by atoms with E-state index in [1.807, 2.05) is 0 Å². The minimum absolute atomic E-state index is 0.000423. The van der Waals surface area contributed by atoms with E-state index >= 15 is 0 Å². The summed E-state index contributed by atoms with van der Waals surface area (Å²) in [6.45, 7) is 0. The number of hydrogen-bond donors (Lipinski definition) is 3. The van der Waals surface area contributed by atoms with Crippen molar-refractivity contribution in [3.8, 4) is 0 Å². The zero-order chi connectivity index (χ0) is 12.6. The molecule has 0 aliphatic carbocycles. The average molecular weight is 233 g/mol. The van der Waals surface area contributed by atoms with Crippen molar-refractivity contribution in [1.29, 1.82) is 0 Å². The van der Waals surface area contributed by atoms with Crippen LogP contribution in [0.25, 0.3) is 0 Å². The van der Waals surface area contributed by atoms with E-state index in [9.17, 15) is 14.4 Å². The summed E-state index contributed by atoms with van der Waals surface area (Å²) in [6, 6.07) is -0.818. The maximum Gasteiger partial charge on any atom is 0.393 e. The lowest BCUT2D eigenvalue weighted by atomic mass is 10.1. The van der Waals surface area contributed by atoms with Gasteiger partial charge >= 0.3 is 11.9 Å². The summed E-state index contributed by atoms with van der Waals surface area (Å²) in [5.74, 6) is 6.64. The number of Topliss-reactive ketones (excluding diaryl/α,β-unsaturated/α-hetero) is 1. The van der Waals surface area contributed by atoms with Gasteiger partial charge < -0.3 is 15.4 Å². The molecule has 8 nitrogen and oxygen atoms in total. The van der Waals surface area contributed by atoms with Crippen LogP contribution in [0.4, 0.5) is 0 Å². The predicted octanol–water partition coefficient (Wildman–Crippen LogP) is -1.72. The first-order valence-corrected chi connectivity index (χ1v) is 4.63. The normalized spacial score (nSPS) is 11.7. The van der Waals surface area contributed by atoms with Gasteiger partial charge in [-0.25, -0.2) is 9.59 Å². The van der Waals surface area contributed by atoms with E-state index in [0.29, 0.717) is 19.3 Å². The van der Waals surface area contributed by atoms with Crippen LogP contribution in [0.5, 0.6) is 0 Å². The second kappa shape index (κ2) is 7.74. The standard InChI is InChI=1S/C8H15N3O5/c9-5(7(13)15-10)3-1-2-4-6(12)8(14)16-11/h5H,1-4,9-11H2. The fraction of sp³-hybridized carbons (Fsp3) is 0.625. The molecule has 0 rings (SSSR count). The third-order valence-corrected chi connectivity index (χ3v) is 1.92. The van der Waals surface area contributed by atoms with Crippen molar-refractivity contribution in [1.82, 2.24) is 0 Å². The van der Waals surface area contributed by atoms with Gasteiger partial charge in [-0.2, -0.15) is 11.8 Å². The maximum atomic E-state index is 10.9. The molecule has 0 spiro atoms. The van der Waals surface area contributed by atoms with Gasteiger partial charge in [0.1, 0.15) is 6.04 Å². The molecule has 16 heavy (non-hydrogen) atoms. The van der Waals surface area contributed by atoms with Crippen molar-refractivity contribution < 1.29 is 24.1 Å². The van der Waals surface area contributed by atoms with Crippen LogP contribution in [-0.2, 0) is 24.1 Å². The second-order valence-corrected chi connectivity index (χ2v) is 3.12. The highest BCUT2D eigenvalue weighted by molar-refractivity contribution is 6.33. The van der Waals surface area contributed by atoms with Crippen LogP contribution in [0, 0.1) is 0 Å². The van der Waals surface area contributed by atoms with Gasteiger partial charge in [0, 0.05) is 6.42 Å². The molecule has 0 saturated carbocycles. The third kappa shape index (κ3) is 5.39. The van der Waals surface area contributed by atoms with E-state index in [2.05, 4.69) is 21.5 Å². The van der Waals surface area contributed by atoms with Crippen molar-refractivity contribution in [3.63, 3.8) is 0 Å². The first kappa shape index (κ1) is 14.5. The van der Waals surface area contributed by atoms with Gasteiger partial charge in [-0.3, -0.25) is 4.79 Å². The summed E-state index contributed by atoms with van der Waals surface area (Å²) in [5.41, 5.74) is 5.38. The molecule has 6 N–H and O–H groups in total. The molecular formula is C8H15N3O5. The van der Waals surface area contributed by atoms with Crippen LogP contribution in [0.1, 0.15) is 25.7 Å². The Bertz CT molecular complexity index is 268. The lowest BCUT2D eigenvalue weighted by Gasteiger charge is -2.07. The molecule has 0 saturated heterocycles. The van der Waals surface area contributed by atoms with Crippen molar-refractivity contribution in [2.24, 2.45) is 17.5 Å². The van der Waals surface area contributed by atoms with Crippen LogP contribution in [0.2, 0.25) is 0 Å². The topological polar surface area (TPSA) is 148 Å². The molecule has 1 atom stereocenters. The molecule has 92 valence electrons. The van der Waals surface area contributed by atoms with Crippen LogP contribution in [0.3, 0.4) is 0 Å². The second-order valence-electron chi connectivity index (χ2n) is 3.12. The Labute approximate surface area is 91.9 Å². The first-order valence-electron chi connectivity index (χ1n) is 4.63. The SMILES string of the molecule is NOC(=O)C(=O)CCCCC(N)C(=O)ON. The van der Waals surface area contributed by atoms with Crippen LogP contribution >= 0.6 is 0 Å². The maximum absolute atomic E-state index is 10.9. The minimum Gasteiger partial charge on any atom is -0.372 e. The molecule has 0 aromatic carbocycles. The van der Waals surface area contributed by atoms with Gasteiger partial charge in [0.25, 0.3) is 0 Å². The van der Waals surface area contributed by atoms with E-state index in [1.165, 1.54) is 0 Å². The van der Waals surface area contributed by atoms with Crippen LogP contribution in [0.15, 0.2) is 0 Å². The zero-order valence-corrected chi connectivity index (χ0v) is 8.68. The molecule has 1 unspecified atom stereocenters. The Balaban J connectivity index is 3.64. The van der Waals surface area contributed by atoms with Crippen LogP contribution < -0.4 is 17.5 Å². The number of ketones is 1. The van der Waals surface area contributed by atoms with Gasteiger partial charge in [-0.1, -0.05) is 6.42 Å². The van der Waals surface area contributed by atoms with Crippen LogP contribution in [-0.4, -0.2) is 23.8 Å². The first-order chi connectivity index (χ1) is 7.52. The number of nitrogens with two attached hydrogens (primary N) is 3. The average Bonchev–Trinajstić information content (AvgIpc) is 2.31. The summed E-state index contributed by atoms with van der Waals surface area (Å²) in [4.78, 5) is 39.9. The van der Waals surface area contributed by atoms with E-state index in [-0.39, 0.29) is 6.42 Å². The Morgan fingerprint density at radius 2 is 1.69 bits per heavy atom. The van der Waals surface area contributed by atoms with Gasteiger partial charge in [0.05, 0.1) is 0 Å². The molecule has 0 heterocycles. The fourth-order valence-electron chi connectivity index (χ4n) is 1.02. The van der Waals surface area contributed by atoms with E-state index < -0.39 is 23.8 Å². The van der Waals surface area contributed by atoms with E-state index in [1.54, 1.807) is 0 Å². The Hall–Kier alpha value is -1.51. The summed E-state index contributed by atoms with van der Waals surface area (Å²) in [5, 5.41) is 0. The van der Waals surface area contributed by atoms with Crippen molar-refractivity contribution in [3.05, 3.63) is 0 Å². The lowest BCUT2D eigenvalue weighted by molar-refractivity contribution is -0.154. The molecule has 0 aliphatic rings. The number of rotatable bonds is 7. The van der Waals surface area contributed by atoms with E-state index in [4.69, 9.17) is 5.73 Å². The summed E-state index contributed by atoms with van der Waals surface area (Å²) < 4.78 is 0. The molecule has 0 bridgehead atoms. The Kier molecular flexibility index (Phi) is 7.01.